The molecule has 0 spiro atoms. The van der Waals surface area contributed by atoms with Gasteiger partial charge in [0.2, 0.25) is 0 Å². The fourth-order valence-corrected chi connectivity index (χ4v) is 2.29. The van der Waals surface area contributed by atoms with E-state index in [1.54, 1.807) is 0 Å². The summed E-state index contributed by atoms with van der Waals surface area (Å²) in [6, 6.07) is 8.24. The molecule has 114 valence electrons. The van der Waals surface area contributed by atoms with E-state index in [0.717, 1.165) is 12.2 Å². The number of aryl methyl sites for hydroxylation is 1. The first-order valence-corrected chi connectivity index (χ1v) is 8.84. The Morgan fingerprint density at radius 3 is 2.35 bits per heavy atom. The molecule has 0 radical (unpaired) electrons. The van der Waals surface area contributed by atoms with Gasteiger partial charge in [0.1, 0.15) is 12.4 Å². The lowest BCUT2D eigenvalue weighted by Crippen LogP contribution is -2.18. The van der Waals surface area contributed by atoms with Gasteiger partial charge < -0.3 is 9.84 Å². The van der Waals surface area contributed by atoms with Gasteiger partial charge in [-0.1, -0.05) is 67.1 Å². The third-order valence-electron chi connectivity index (χ3n) is 3.36. The van der Waals surface area contributed by atoms with Crippen LogP contribution in [0.4, 0.5) is 0 Å². The summed E-state index contributed by atoms with van der Waals surface area (Å²) in [5.74, 6) is 0.830. The second-order valence-electron chi connectivity index (χ2n) is 5.28. The van der Waals surface area contributed by atoms with Crippen LogP contribution in [0.25, 0.3) is 0 Å². The molecular formula is C17H27BrO2. The number of aliphatic hydroxyl groups is 1. The molecule has 2 nitrogen and oxygen atoms in total. The third kappa shape index (κ3) is 7.91. The molecule has 3 heteroatoms. The van der Waals surface area contributed by atoms with Gasteiger partial charge in [-0.15, -0.1) is 0 Å². The molecule has 1 atom stereocenters. The molecule has 0 bridgehead atoms. The molecule has 0 amide bonds. The maximum atomic E-state index is 9.41. The highest BCUT2D eigenvalue weighted by molar-refractivity contribution is 9.09. The lowest BCUT2D eigenvalue weighted by molar-refractivity contribution is 0.127. The molecular weight excluding hydrogens is 316 g/mol. The molecule has 1 aromatic rings. The third-order valence-corrected chi connectivity index (χ3v) is 4.11. The Balaban J connectivity index is 2.18. The Hall–Kier alpha value is -0.540. The van der Waals surface area contributed by atoms with Gasteiger partial charge in [-0.2, -0.15) is 0 Å². The maximum Gasteiger partial charge on any atom is 0.119 e. The Bertz CT molecular complexity index is 337. The van der Waals surface area contributed by atoms with Crippen LogP contribution in [-0.4, -0.2) is 23.1 Å². The first-order valence-electron chi connectivity index (χ1n) is 7.72. The summed E-state index contributed by atoms with van der Waals surface area (Å²) in [6.45, 7) is 2.59. The highest BCUT2D eigenvalue weighted by atomic mass is 79.9. The fraction of sp³-hybridized carbons (Fsp3) is 0.647. The maximum absolute atomic E-state index is 9.41. The number of benzene rings is 1. The van der Waals surface area contributed by atoms with Crippen molar-refractivity contribution in [2.45, 2.75) is 58.0 Å². The minimum Gasteiger partial charge on any atom is -0.491 e. The summed E-state index contributed by atoms with van der Waals surface area (Å²) in [6.07, 6.45) is 8.71. The molecule has 0 aliphatic carbocycles. The summed E-state index contributed by atoms with van der Waals surface area (Å²) < 4.78 is 5.50. The van der Waals surface area contributed by atoms with E-state index in [4.69, 9.17) is 4.74 Å². The highest BCUT2D eigenvalue weighted by Crippen LogP contribution is 2.15. The molecule has 0 aliphatic heterocycles. The minimum absolute atomic E-state index is 0.335. The van der Waals surface area contributed by atoms with Crippen LogP contribution < -0.4 is 4.74 Å². The number of hydrogen-bond donors (Lipinski definition) is 1. The highest BCUT2D eigenvalue weighted by Gasteiger charge is 2.02. The van der Waals surface area contributed by atoms with E-state index in [2.05, 4.69) is 35.0 Å². The molecule has 1 N–H and O–H groups in total. The molecule has 1 aromatic carbocycles. The van der Waals surface area contributed by atoms with E-state index in [1.165, 1.54) is 44.1 Å². The van der Waals surface area contributed by atoms with E-state index in [-0.39, 0.29) is 0 Å². The van der Waals surface area contributed by atoms with Crippen LogP contribution in [0, 0.1) is 0 Å². The van der Waals surface area contributed by atoms with Gasteiger partial charge in [0.15, 0.2) is 0 Å². The number of hydrogen-bond acceptors (Lipinski definition) is 2. The van der Waals surface area contributed by atoms with Crippen LogP contribution in [0.2, 0.25) is 0 Å². The van der Waals surface area contributed by atoms with Crippen molar-refractivity contribution in [1.29, 1.82) is 0 Å². The minimum atomic E-state index is -0.446. The van der Waals surface area contributed by atoms with Crippen LogP contribution in [0.5, 0.6) is 5.75 Å². The van der Waals surface area contributed by atoms with Crippen molar-refractivity contribution in [3.8, 4) is 5.75 Å². The van der Waals surface area contributed by atoms with Crippen LogP contribution in [0.1, 0.15) is 51.0 Å². The number of unbranched alkanes of at least 4 members (excludes halogenated alkanes) is 5. The number of halogens is 1. The molecule has 0 saturated heterocycles. The molecule has 0 aliphatic rings. The van der Waals surface area contributed by atoms with Crippen LogP contribution in [-0.2, 0) is 6.42 Å². The molecule has 0 unspecified atom stereocenters. The van der Waals surface area contributed by atoms with Gasteiger partial charge in [-0.05, 0) is 30.5 Å². The van der Waals surface area contributed by atoms with Crippen molar-refractivity contribution in [1.82, 2.24) is 0 Å². The predicted molar refractivity (Wildman–Crippen MR) is 88.8 cm³/mol. The van der Waals surface area contributed by atoms with Crippen LogP contribution in [0.3, 0.4) is 0 Å². The largest absolute Gasteiger partial charge is 0.491 e. The Kier molecular flexibility index (Phi) is 9.77. The first-order chi connectivity index (χ1) is 9.76. The number of ether oxygens (including phenoxy) is 1. The monoisotopic (exact) mass is 342 g/mol. The topological polar surface area (TPSA) is 29.5 Å². The second-order valence-corrected chi connectivity index (χ2v) is 5.93. The Morgan fingerprint density at radius 1 is 1.05 bits per heavy atom. The number of alkyl halides is 1. The van der Waals surface area contributed by atoms with E-state index < -0.39 is 6.10 Å². The van der Waals surface area contributed by atoms with Crippen molar-refractivity contribution in [2.75, 3.05) is 11.9 Å². The molecule has 1 rings (SSSR count). The summed E-state index contributed by atoms with van der Waals surface area (Å²) in [5, 5.41) is 9.95. The van der Waals surface area contributed by atoms with Gasteiger partial charge in [0, 0.05) is 5.33 Å². The van der Waals surface area contributed by atoms with Crippen molar-refractivity contribution < 1.29 is 9.84 Å². The number of rotatable bonds is 11. The average Bonchev–Trinajstić information content (AvgIpc) is 2.49. The van der Waals surface area contributed by atoms with Gasteiger partial charge >= 0.3 is 0 Å². The van der Waals surface area contributed by atoms with Gasteiger partial charge in [0.05, 0.1) is 6.10 Å². The van der Waals surface area contributed by atoms with Crippen molar-refractivity contribution >= 4 is 15.9 Å². The smallest absolute Gasteiger partial charge is 0.119 e. The predicted octanol–water partition coefficient (Wildman–Crippen LogP) is 4.72. The fourth-order valence-electron chi connectivity index (χ4n) is 2.10. The molecule has 0 saturated carbocycles. The zero-order chi connectivity index (χ0) is 14.6. The summed E-state index contributed by atoms with van der Waals surface area (Å²) >= 11 is 3.22. The van der Waals surface area contributed by atoms with Gasteiger partial charge in [-0.3, -0.25) is 0 Å². The zero-order valence-electron chi connectivity index (χ0n) is 12.5. The standard InChI is InChI=1S/C17H27BrO2/c1-2-3-4-5-6-7-8-15-9-11-17(12-10-15)20-14-16(19)13-18/h9-12,16,19H,2-8,13-14H2,1H3/t16-/m0/s1. The van der Waals surface area contributed by atoms with E-state index in [0.29, 0.717) is 11.9 Å². The van der Waals surface area contributed by atoms with Crippen molar-refractivity contribution in [3.63, 3.8) is 0 Å². The Morgan fingerprint density at radius 2 is 1.70 bits per heavy atom. The van der Waals surface area contributed by atoms with Gasteiger partial charge in [0.25, 0.3) is 0 Å². The lowest BCUT2D eigenvalue weighted by Gasteiger charge is -2.10. The second kappa shape index (κ2) is 11.2. The Labute approximate surface area is 131 Å². The number of aliphatic hydroxyl groups excluding tert-OH is 1. The summed E-state index contributed by atoms with van der Waals surface area (Å²) in [5.41, 5.74) is 1.37. The van der Waals surface area contributed by atoms with E-state index in [9.17, 15) is 5.11 Å². The average molecular weight is 343 g/mol. The van der Waals surface area contributed by atoms with Crippen molar-refractivity contribution in [3.05, 3.63) is 29.8 Å². The summed E-state index contributed by atoms with van der Waals surface area (Å²) in [7, 11) is 0. The quantitative estimate of drug-likeness (QED) is 0.465. The van der Waals surface area contributed by atoms with E-state index in [1.807, 2.05) is 12.1 Å². The molecule has 0 aromatic heterocycles. The lowest BCUT2D eigenvalue weighted by atomic mass is 10.0. The van der Waals surface area contributed by atoms with Gasteiger partial charge in [-0.25, -0.2) is 0 Å². The normalized spacial score (nSPS) is 12.3. The summed E-state index contributed by atoms with van der Waals surface area (Å²) in [4.78, 5) is 0. The zero-order valence-corrected chi connectivity index (χ0v) is 14.1. The first kappa shape index (κ1) is 17.5. The van der Waals surface area contributed by atoms with Crippen molar-refractivity contribution in [2.24, 2.45) is 0 Å². The molecule has 0 heterocycles. The van der Waals surface area contributed by atoms with E-state index >= 15 is 0 Å². The molecule has 20 heavy (non-hydrogen) atoms. The van der Waals surface area contributed by atoms with Crippen LogP contribution >= 0.6 is 15.9 Å². The molecule has 0 fully saturated rings. The van der Waals surface area contributed by atoms with Crippen LogP contribution in [0.15, 0.2) is 24.3 Å². The SMILES string of the molecule is CCCCCCCCc1ccc(OC[C@@H](O)CBr)cc1.